The Hall–Kier alpha value is -3.43. The summed E-state index contributed by atoms with van der Waals surface area (Å²) in [7, 11) is -1.11. The van der Waals surface area contributed by atoms with Gasteiger partial charge in [0.2, 0.25) is 5.95 Å². The first kappa shape index (κ1) is 24.7. The second-order valence-corrected chi connectivity index (χ2v) is 10.8. The molecule has 0 atom stereocenters. The molecule has 184 valence electrons. The Kier molecular flexibility index (Phi) is 7.99. The molecule has 0 fully saturated rings. The molecular formula is C26H31N5O3S. The number of rotatable bonds is 4. The topological polar surface area (TPSA) is 96.5 Å². The van der Waals surface area contributed by atoms with Crippen molar-refractivity contribution in [1.82, 2.24) is 14.9 Å². The summed E-state index contributed by atoms with van der Waals surface area (Å²) in [5.41, 5.74) is 4.25. The summed E-state index contributed by atoms with van der Waals surface area (Å²) < 4.78 is 30.0. The van der Waals surface area contributed by atoms with Gasteiger partial charge in [0.15, 0.2) is 9.84 Å². The number of benzene rings is 2. The molecule has 2 aromatic carbocycles. The highest BCUT2D eigenvalue weighted by Gasteiger charge is 2.11. The Morgan fingerprint density at radius 1 is 1.14 bits per heavy atom. The number of likely N-dealkylation sites (N-methyl/N-ethyl adjacent to an activating group) is 1. The van der Waals surface area contributed by atoms with E-state index >= 15 is 0 Å². The highest BCUT2D eigenvalue weighted by molar-refractivity contribution is 7.91. The first-order valence-corrected chi connectivity index (χ1v) is 13.5. The summed E-state index contributed by atoms with van der Waals surface area (Å²) in [6, 6.07) is 15.6. The lowest BCUT2D eigenvalue weighted by atomic mass is 10.1. The minimum Gasteiger partial charge on any atom is -0.493 e. The normalized spacial score (nSPS) is 15.7. The molecule has 1 aromatic heterocycles. The van der Waals surface area contributed by atoms with E-state index in [1.54, 1.807) is 13.1 Å². The van der Waals surface area contributed by atoms with E-state index in [2.05, 4.69) is 32.7 Å². The van der Waals surface area contributed by atoms with E-state index < -0.39 is 9.84 Å². The van der Waals surface area contributed by atoms with E-state index in [0.29, 0.717) is 19.1 Å². The molecule has 0 saturated carbocycles. The van der Waals surface area contributed by atoms with E-state index in [1.165, 1.54) is 0 Å². The maximum atomic E-state index is 12.0. The molecule has 2 N–H and O–H groups in total. The van der Waals surface area contributed by atoms with Crippen LogP contribution in [0.15, 0.2) is 66.9 Å². The number of fused-ring (bicyclic) bond motifs is 7. The number of aromatic nitrogens is 2. The van der Waals surface area contributed by atoms with Crippen molar-refractivity contribution in [3.63, 3.8) is 0 Å². The maximum Gasteiger partial charge on any atom is 0.227 e. The number of ether oxygens (including phenoxy) is 1. The summed E-state index contributed by atoms with van der Waals surface area (Å²) in [6.45, 7) is 3.72. The third-order valence-electron chi connectivity index (χ3n) is 5.56. The van der Waals surface area contributed by atoms with Crippen molar-refractivity contribution in [2.24, 2.45) is 0 Å². The van der Waals surface area contributed by atoms with Crippen molar-refractivity contribution in [2.45, 2.75) is 19.9 Å². The second-order valence-electron chi connectivity index (χ2n) is 8.50. The quantitative estimate of drug-likeness (QED) is 0.514. The van der Waals surface area contributed by atoms with Crippen molar-refractivity contribution in [3.8, 4) is 17.0 Å². The molecule has 35 heavy (non-hydrogen) atoms. The predicted octanol–water partition coefficient (Wildman–Crippen LogP) is 4.46. The smallest absolute Gasteiger partial charge is 0.227 e. The molecule has 9 heteroatoms. The minimum atomic E-state index is -3.16. The monoisotopic (exact) mass is 493 g/mol. The molecule has 3 aromatic rings. The molecule has 0 unspecified atom stereocenters. The van der Waals surface area contributed by atoms with Gasteiger partial charge in [-0.25, -0.2) is 18.4 Å². The molecule has 1 aliphatic rings. The SMILES string of the molecule is CCS(=O)(=O)CNc1cc2cc(c1)Nc1nccc(n1)-c1cccc(c1)OCC/C=C/CN(C)C2. The molecule has 8 nitrogen and oxygen atoms in total. The van der Waals surface area contributed by atoms with Crippen LogP contribution < -0.4 is 15.4 Å². The van der Waals surface area contributed by atoms with Gasteiger partial charge in [-0.3, -0.25) is 4.90 Å². The molecule has 2 heterocycles. The van der Waals surface area contributed by atoms with Gasteiger partial charge in [0, 0.05) is 42.0 Å². The lowest BCUT2D eigenvalue weighted by Gasteiger charge is -2.18. The van der Waals surface area contributed by atoms with Crippen LogP contribution in [0.3, 0.4) is 0 Å². The van der Waals surface area contributed by atoms with Gasteiger partial charge >= 0.3 is 0 Å². The van der Waals surface area contributed by atoms with Crippen molar-refractivity contribution >= 4 is 27.2 Å². The van der Waals surface area contributed by atoms with Gasteiger partial charge in [0.05, 0.1) is 12.3 Å². The van der Waals surface area contributed by atoms with Crippen LogP contribution in [0, 0.1) is 0 Å². The van der Waals surface area contributed by atoms with E-state index in [0.717, 1.165) is 46.9 Å². The van der Waals surface area contributed by atoms with Crippen LogP contribution in [0.4, 0.5) is 17.3 Å². The van der Waals surface area contributed by atoms with Gasteiger partial charge in [-0.2, -0.15) is 0 Å². The van der Waals surface area contributed by atoms with Crippen LogP contribution in [0.5, 0.6) is 5.75 Å². The average Bonchev–Trinajstić information content (AvgIpc) is 2.85. The maximum absolute atomic E-state index is 12.0. The van der Waals surface area contributed by atoms with Gasteiger partial charge in [-0.15, -0.1) is 0 Å². The fourth-order valence-corrected chi connectivity index (χ4v) is 4.29. The number of hydrogen-bond donors (Lipinski definition) is 2. The summed E-state index contributed by atoms with van der Waals surface area (Å²) in [6.07, 6.45) is 6.79. The number of nitrogens with one attached hydrogen (secondary N) is 2. The number of anilines is 3. The number of sulfone groups is 1. The van der Waals surface area contributed by atoms with Crippen molar-refractivity contribution in [1.29, 1.82) is 0 Å². The Labute approximate surface area is 207 Å². The van der Waals surface area contributed by atoms with Crippen LogP contribution in [0.25, 0.3) is 11.3 Å². The van der Waals surface area contributed by atoms with E-state index in [-0.39, 0.29) is 11.6 Å². The third kappa shape index (κ3) is 7.27. The van der Waals surface area contributed by atoms with Crippen LogP contribution in [0.1, 0.15) is 18.9 Å². The van der Waals surface area contributed by atoms with Crippen molar-refractivity contribution in [2.75, 3.05) is 42.5 Å². The zero-order valence-corrected chi connectivity index (χ0v) is 20.9. The first-order chi connectivity index (χ1) is 16.9. The van der Waals surface area contributed by atoms with E-state index in [9.17, 15) is 8.42 Å². The molecule has 0 amide bonds. The Bertz CT molecular complexity index is 1290. The highest BCUT2D eigenvalue weighted by Crippen LogP contribution is 2.26. The lowest BCUT2D eigenvalue weighted by Crippen LogP contribution is -2.19. The Morgan fingerprint density at radius 3 is 2.89 bits per heavy atom. The molecule has 0 saturated heterocycles. The zero-order chi connectivity index (χ0) is 24.7. The molecule has 0 aliphatic carbocycles. The Balaban J connectivity index is 1.68. The van der Waals surface area contributed by atoms with Gasteiger partial charge in [0.25, 0.3) is 0 Å². The molecule has 1 aliphatic heterocycles. The van der Waals surface area contributed by atoms with E-state index in [1.807, 2.05) is 55.6 Å². The van der Waals surface area contributed by atoms with Gasteiger partial charge in [-0.1, -0.05) is 31.2 Å². The summed E-state index contributed by atoms with van der Waals surface area (Å²) >= 11 is 0. The Morgan fingerprint density at radius 2 is 2.03 bits per heavy atom. The summed E-state index contributed by atoms with van der Waals surface area (Å²) in [5.74, 6) is 1.23. The fourth-order valence-electron chi connectivity index (χ4n) is 3.70. The minimum absolute atomic E-state index is 0.0900. The standard InChI is InChI=1S/C26H31N5O3S/c1-3-35(32,33)19-28-22-14-20-15-23(17-22)29-26-27-11-10-25(30-26)21-8-7-9-24(16-21)34-13-6-4-5-12-31(2)18-20/h4-5,7-11,14-17,28H,3,6,12-13,18-19H2,1-2H3,(H,27,29,30)/b5-4+. The molecule has 6 bridgehead atoms. The van der Waals surface area contributed by atoms with E-state index in [4.69, 9.17) is 9.72 Å². The molecular weight excluding hydrogens is 462 g/mol. The average molecular weight is 494 g/mol. The van der Waals surface area contributed by atoms with Gasteiger partial charge < -0.3 is 15.4 Å². The summed E-state index contributed by atoms with van der Waals surface area (Å²) in [5, 5.41) is 6.35. The largest absolute Gasteiger partial charge is 0.493 e. The fraction of sp³-hybridized carbons (Fsp3) is 0.308. The van der Waals surface area contributed by atoms with Crippen LogP contribution in [-0.2, 0) is 16.4 Å². The predicted molar refractivity (Wildman–Crippen MR) is 141 cm³/mol. The number of nitrogens with zero attached hydrogens (tertiary/aromatic N) is 3. The second kappa shape index (κ2) is 11.3. The summed E-state index contributed by atoms with van der Waals surface area (Å²) in [4.78, 5) is 11.3. The number of hydrogen-bond acceptors (Lipinski definition) is 8. The van der Waals surface area contributed by atoms with Gasteiger partial charge in [0.1, 0.15) is 11.6 Å². The third-order valence-corrected chi connectivity index (χ3v) is 7.02. The van der Waals surface area contributed by atoms with Crippen molar-refractivity contribution < 1.29 is 13.2 Å². The van der Waals surface area contributed by atoms with Crippen molar-refractivity contribution in [3.05, 3.63) is 72.4 Å². The van der Waals surface area contributed by atoms with Crippen LogP contribution in [0.2, 0.25) is 0 Å². The zero-order valence-electron chi connectivity index (χ0n) is 20.1. The first-order valence-electron chi connectivity index (χ1n) is 11.7. The van der Waals surface area contributed by atoms with Crippen LogP contribution in [-0.4, -0.2) is 55.1 Å². The molecule has 0 spiro atoms. The molecule has 0 radical (unpaired) electrons. The van der Waals surface area contributed by atoms with Crippen LogP contribution >= 0.6 is 0 Å². The lowest BCUT2D eigenvalue weighted by molar-refractivity contribution is 0.324. The highest BCUT2D eigenvalue weighted by atomic mass is 32.2. The van der Waals surface area contributed by atoms with Gasteiger partial charge in [-0.05, 0) is 55.4 Å². The molecule has 4 rings (SSSR count).